The Bertz CT molecular complexity index is 306. The highest BCUT2D eigenvalue weighted by Crippen LogP contribution is 2.17. The second kappa shape index (κ2) is 6.23. The Morgan fingerprint density at radius 3 is 2.80 bits per heavy atom. The van der Waals surface area contributed by atoms with Crippen molar-refractivity contribution in [3.05, 3.63) is 34.3 Å². The molecule has 3 nitrogen and oxygen atoms in total. The molecule has 0 spiro atoms. The van der Waals surface area contributed by atoms with Crippen molar-refractivity contribution in [1.29, 1.82) is 0 Å². The van der Waals surface area contributed by atoms with Gasteiger partial charge in [0.25, 0.3) is 0 Å². The summed E-state index contributed by atoms with van der Waals surface area (Å²) >= 11 is 3.41. The Morgan fingerprint density at radius 1 is 1.47 bits per heavy atom. The summed E-state index contributed by atoms with van der Waals surface area (Å²) in [5.74, 6) is 0. The Morgan fingerprint density at radius 2 is 2.20 bits per heavy atom. The van der Waals surface area contributed by atoms with Crippen molar-refractivity contribution in [2.45, 2.75) is 19.1 Å². The van der Waals surface area contributed by atoms with Crippen molar-refractivity contribution in [3.63, 3.8) is 0 Å². The Kier molecular flexibility index (Phi) is 5.25. The second-order valence-corrected chi connectivity index (χ2v) is 4.44. The third-order valence-electron chi connectivity index (χ3n) is 2.22. The Hall–Kier alpha value is -0.420. The van der Waals surface area contributed by atoms with Gasteiger partial charge in [0.1, 0.15) is 0 Å². The van der Waals surface area contributed by atoms with E-state index in [1.807, 2.05) is 31.2 Å². The fraction of sp³-hybridized carbons (Fsp3) is 0.455. The Labute approximate surface area is 98.3 Å². The lowest BCUT2D eigenvalue weighted by Crippen LogP contribution is -2.31. The van der Waals surface area contributed by atoms with Gasteiger partial charge in [-0.3, -0.25) is 0 Å². The lowest BCUT2D eigenvalue weighted by atomic mass is 10.1. The minimum absolute atomic E-state index is 0.156. The molecular formula is C11H16BrNO2. The van der Waals surface area contributed by atoms with Crippen molar-refractivity contribution in [1.82, 2.24) is 5.32 Å². The van der Waals surface area contributed by atoms with Gasteiger partial charge < -0.3 is 15.5 Å². The second-order valence-electron chi connectivity index (χ2n) is 3.52. The molecule has 0 bridgehead atoms. The standard InChI is InChI=1S/C11H16BrNO2/c1-8(13-6-11(15)7-14)9-3-2-4-10(12)5-9/h2-5,8,11,13-15H,6-7H2,1H3/t8-,11+/m1/s1. The molecule has 0 heterocycles. The van der Waals surface area contributed by atoms with Crippen molar-refractivity contribution < 1.29 is 10.2 Å². The van der Waals surface area contributed by atoms with Gasteiger partial charge in [-0.25, -0.2) is 0 Å². The quantitative estimate of drug-likeness (QED) is 0.761. The molecule has 0 unspecified atom stereocenters. The zero-order chi connectivity index (χ0) is 11.3. The molecule has 0 fully saturated rings. The van der Waals surface area contributed by atoms with Crippen molar-refractivity contribution >= 4 is 15.9 Å². The van der Waals surface area contributed by atoms with E-state index in [1.54, 1.807) is 0 Å². The molecule has 4 heteroatoms. The lowest BCUT2D eigenvalue weighted by Gasteiger charge is -2.16. The minimum atomic E-state index is -0.695. The van der Waals surface area contributed by atoms with Crippen LogP contribution < -0.4 is 5.32 Å². The monoisotopic (exact) mass is 273 g/mol. The predicted octanol–water partition coefficient (Wildman–Crippen LogP) is 1.45. The average Bonchev–Trinajstić information content (AvgIpc) is 2.25. The highest BCUT2D eigenvalue weighted by Gasteiger charge is 2.07. The highest BCUT2D eigenvalue weighted by molar-refractivity contribution is 9.10. The summed E-state index contributed by atoms with van der Waals surface area (Å²) in [5, 5.41) is 21.0. The first-order valence-electron chi connectivity index (χ1n) is 4.91. The maximum Gasteiger partial charge on any atom is 0.0895 e. The predicted molar refractivity (Wildman–Crippen MR) is 63.7 cm³/mol. The molecule has 0 aromatic heterocycles. The first-order chi connectivity index (χ1) is 7.13. The van der Waals surface area contributed by atoms with Crippen LogP contribution in [0.3, 0.4) is 0 Å². The number of hydrogen-bond donors (Lipinski definition) is 3. The van der Waals surface area contributed by atoms with Gasteiger partial charge in [0.2, 0.25) is 0 Å². The molecule has 1 aromatic carbocycles. The smallest absolute Gasteiger partial charge is 0.0895 e. The van der Waals surface area contributed by atoms with Crippen LogP contribution in [-0.4, -0.2) is 29.5 Å². The molecule has 3 N–H and O–H groups in total. The lowest BCUT2D eigenvalue weighted by molar-refractivity contribution is 0.0924. The number of aliphatic hydroxyl groups is 2. The van der Waals surface area contributed by atoms with E-state index in [0.29, 0.717) is 6.54 Å². The van der Waals surface area contributed by atoms with Crippen LogP contribution in [0.4, 0.5) is 0 Å². The van der Waals surface area contributed by atoms with Crippen molar-refractivity contribution in [2.24, 2.45) is 0 Å². The largest absolute Gasteiger partial charge is 0.394 e. The SMILES string of the molecule is C[C@@H](NC[C@H](O)CO)c1cccc(Br)c1. The Balaban J connectivity index is 2.50. The van der Waals surface area contributed by atoms with Gasteiger partial charge in [0.05, 0.1) is 12.7 Å². The fourth-order valence-electron chi connectivity index (χ4n) is 1.27. The maximum atomic E-state index is 9.19. The molecule has 1 rings (SSSR count). The molecule has 0 saturated heterocycles. The van der Waals surface area contributed by atoms with Gasteiger partial charge in [-0.05, 0) is 24.6 Å². The van der Waals surface area contributed by atoms with Gasteiger partial charge in [0, 0.05) is 17.1 Å². The van der Waals surface area contributed by atoms with Crippen molar-refractivity contribution in [2.75, 3.05) is 13.2 Å². The van der Waals surface area contributed by atoms with E-state index < -0.39 is 6.10 Å². The molecule has 2 atom stereocenters. The minimum Gasteiger partial charge on any atom is -0.394 e. The van der Waals surface area contributed by atoms with Gasteiger partial charge in [-0.2, -0.15) is 0 Å². The molecule has 84 valence electrons. The molecule has 0 saturated carbocycles. The van der Waals surface area contributed by atoms with E-state index in [-0.39, 0.29) is 12.6 Å². The third kappa shape index (κ3) is 4.30. The molecule has 0 aliphatic carbocycles. The van der Waals surface area contributed by atoms with Gasteiger partial charge >= 0.3 is 0 Å². The number of rotatable bonds is 5. The summed E-state index contributed by atoms with van der Waals surface area (Å²) in [6.45, 7) is 2.20. The number of nitrogens with one attached hydrogen (secondary N) is 1. The van der Waals surface area contributed by atoms with Crippen LogP contribution in [0, 0.1) is 0 Å². The van der Waals surface area contributed by atoms with Gasteiger partial charge in [-0.15, -0.1) is 0 Å². The van der Waals surface area contributed by atoms with Crippen LogP contribution >= 0.6 is 15.9 Å². The molecule has 0 aliphatic heterocycles. The molecule has 0 radical (unpaired) electrons. The van der Waals surface area contributed by atoms with E-state index in [1.165, 1.54) is 0 Å². The number of halogens is 1. The molecular weight excluding hydrogens is 258 g/mol. The zero-order valence-electron chi connectivity index (χ0n) is 8.65. The van der Waals surface area contributed by atoms with Crippen LogP contribution in [0.5, 0.6) is 0 Å². The molecule has 0 amide bonds. The number of benzene rings is 1. The van der Waals surface area contributed by atoms with Gasteiger partial charge in [0.15, 0.2) is 0 Å². The summed E-state index contributed by atoms with van der Waals surface area (Å²) in [5.41, 5.74) is 1.15. The third-order valence-corrected chi connectivity index (χ3v) is 2.71. The first kappa shape index (κ1) is 12.6. The highest BCUT2D eigenvalue weighted by atomic mass is 79.9. The molecule has 1 aromatic rings. The maximum absolute atomic E-state index is 9.19. The summed E-state index contributed by atoms with van der Waals surface area (Å²) in [7, 11) is 0. The van der Waals surface area contributed by atoms with Crippen LogP contribution in [0.15, 0.2) is 28.7 Å². The van der Waals surface area contributed by atoms with Gasteiger partial charge in [-0.1, -0.05) is 28.1 Å². The molecule has 0 aliphatic rings. The zero-order valence-corrected chi connectivity index (χ0v) is 10.2. The number of hydrogen-bond acceptors (Lipinski definition) is 3. The summed E-state index contributed by atoms with van der Waals surface area (Å²) in [4.78, 5) is 0. The van der Waals surface area contributed by atoms with Crippen LogP contribution in [0.1, 0.15) is 18.5 Å². The normalized spacial score (nSPS) is 14.9. The fourth-order valence-corrected chi connectivity index (χ4v) is 1.69. The van der Waals surface area contributed by atoms with Crippen molar-refractivity contribution in [3.8, 4) is 0 Å². The summed E-state index contributed by atoms with van der Waals surface area (Å²) in [6.07, 6.45) is -0.695. The number of aliphatic hydroxyl groups excluding tert-OH is 2. The van der Waals surface area contributed by atoms with Crippen LogP contribution in [0.2, 0.25) is 0 Å². The summed E-state index contributed by atoms with van der Waals surface area (Å²) < 4.78 is 1.04. The van der Waals surface area contributed by atoms with E-state index in [0.717, 1.165) is 10.0 Å². The van der Waals surface area contributed by atoms with Crippen LogP contribution in [-0.2, 0) is 0 Å². The van der Waals surface area contributed by atoms with E-state index >= 15 is 0 Å². The average molecular weight is 274 g/mol. The van der Waals surface area contributed by atoms with E-state index in [2.05, 4.69) is 21.2 Å². The molecule has 15 heavy (non-hydrogen) atoms. The van der Waals surface area contributed by atoms with Crippen LogP contribution in [0.25, 0.3) is 0 Å². The summed E-state index contributed by atoms with van der Waals surface area (Å²) in [6, 6.07) is 8.15. The first-order valence-corrected chi connectivity index (χ1v) is 5.70. The van der Waals surface area contributed by atoms with E-state index in [9.17, 15) is 5.11 Å². The topological polar surface area (TPSA) is 52.5 Å². The van der Waals surface area contributed by atoms with E-state index in [4.69, 9.17) is 5.11 Å².